The highest BCUT2D eigenvalue weighted by Crippen LogP contribution is 1.85. The molecule has 0 saturated heterocycles. The number of nitrogens with two attached hydrogens (primary N) is 1. The predicted molar refractivity (Wildman–Crippen MR) is 47.6 cm³/mol. The first kappa shape index (κ1) is 10.9. The second-order valence-corrected chi connectivity index (χ2v) is 2.94. The summed E-state index contributed by atoms with van der Waals surface area (Å²) < 4.78 is 5.20. The maximum absolute atomic E-state index is 5.62. The van der Waals surface area contributed by atoms with Gasteiger partial charge in [0.2, 0.25) is 0 Å². The lowest BCUT2D eigenvalue weighted by Crippen LogP contribution is -2.34. The second kappa shape index (κ2) is 6.58. The molecule has 1 atom stereocenters. The number of ether oxygens (including phenoxy) is 1. The minimum Gasteiger partial charge on any atom is -0.380 e. The molecule has 0 aliphatic heterocycles. The zero-order chi connectivity index (χ0) is 8.69. The van der Waals surface area contributed by atoms with Crippen molar-refractivity contribution in [1.29, 1.82) is 0 Å². The molecule has 0 aliphatic rings. The number of likely N-dealkylation sites (N-methyl/N-ethyl adjacent to an activating group) is 1. The van der Waals surface area contributed by atoms with E-state index in [0.29, 0.717) is 0 Å². The minimum absolute atomic E-state index is 0.252. The number of hydrogen-bond donors (Lipinski definition) is 1. The number of hydrogen-bond acceptors (Lipinski definition) is 3. The van der Waals surface area contributed by atoms with Gasteiger partial charge in [0.25, 0.3) is 0 Å². The van der Waals surface area contributed by atoms with Crippen molar-refractivity contribution in [3.63, 3.8) is 0 Å². The highest BCUT2D eigenvalue weighted by molar-refractivity contribution is 4.58. The van der Waals surface area contributed by atoms with Crippen LogP contribution in [0.5, 0.6) is 0 Å². The van der Waals surface area contributed by atoms with Gasteiger partial charge in [0.05, 0.1) is 6.61 Å². The molecule has 0 aliphatic carbocycles. The Labute approximate surface area is 69.5 Å². The van der Waals surface area contributed by atoms with Crippen molar-refractivity contribution in [2.75, 3.05) is 33.4 Å². The summed E-state index contributed by atoms with van der Waals surface area (Å²) >= 11 is 0. The Morgan fingerprint density at radius 2 is 2.18 bits per heavy atom. The van der Waals surface area contributed by atoms with Crippen molar-refractivity contribution in [3.05, 3.63) is 0 Å². The summed E-state index contributed by atoms with van der Waals surface area (Å²) in [4.78, 5) is 2.18. The molecule has 0 aromatic heterocycles. The van der Waals surface area contributed by atoms with Gasteiger partial charge in [-0.15, -0.1) is 0 Å². The molecule has 3 nitrogen and oxygen atoms in total. The topological polar surface area (TPSA) is 38.5 Å². The first-order valence-electron chi connectivity index (χ1n) is 4.18. The van der Waals surface area contributed by atoms with Crippen molar-refractivity contribution >= 4 is 0 Å². The van der Waals surface area contributed by atoms with Crippen LogP contribution in [0.25, 0.3) is 0 Å². The average Bonchev–Trinajstić information content (AvgIpc) is 1.86. The summed E-state index contributed by atoms with van der Waals surface area (Å²) in [6, 6.07) is 0.252. The fraction of sp³-hybridized carbons (Fsp3) is 1.00. The maximum Gasteiger partial charge on any atom is 0.0593 e. The third-order valence-electron chi connectivity index (χ3n) is 1.42. The van der Waals surface area contributed by atoms with Gasteiger partial charge < -0.3 is 15.4 Å². The van der Waals surface area contributed by atoms with Crippen LogP contribution in [0.1, 0.15) is 13.8 Å². The van der Waals surface area contributed by atoms with Gasteiger partial charge in [-0.1, -0.05) is 0 Å². The van der Waals surface area contributed by atoms with E-state index in [0.717, 1.165) is 26.3 Å². The van der Waals surface area contributed by atoms with Gasteiger partial charge in [-0.25, -0.2) is 0 Å². The summed E-state index contributed by atoms with van der Waals surface area (Å²) in [6.45, 7) is 7.52. The molecule has 11 heavy (non-hydrogen) atoms. The SMILES string of the molecule is CCOCCN(C)CC(C)N. The van der Waals surface area contributed by atoms with E-state index in [4.69, 9.17) is 10.5 Å². The lowest BCUT2D eigenvalue weighted by Gasteiger charge is -2.18. The van der Waals surface area contributed by atoms with Crippen LogP contribution in [0.4, 0.5) is 0 Å². The van der Waals surface area contributed by atoms with E-state index in [-0.39, 0.29) is 6.04 Å². The van der Waals surface area contributed by atoms with Crippen molar-refractivity contribution in [2.45, 2.75) is 19.9 Å². The van der Waals surface area contributed by atoms with E-state index in [1.807, 2.05) is 13.8 Å². The van der Waals surface area contributed by atoms with E-state index in [9.17, 15) is 0 Å². The van der Waals surface area contributed by atoms with Crippen molar-refractivity contribution in [3.8, 4) is 0 Å². The molecule has 0 amide bonds. The van der Waals surface area contributed by atoms with Crippen molar-refractivity contribution in [2.24, 2.45) is 5.73 Å². The fourth-order valence-electron chi connectivity index (χ4n) is 0.948. The molecule has 0 radical (unpaired) electrons. The van der Waals surface area contributed by atoms with Crippen LogP contribution < -0.4 is 5.73 Å². The third-order valence-corrected chi connectivity index (χ3v) is 1.42. The van der Waals surface area contributed by atoms with Crippen molar-refractivity contribution in [1.82, 2.24) is 4.90 Å². The minimum atomic E-state index is 0.252. The highest BCUT2D eigenvalue weighted by atomic mass is 16.5. The summed E-state index contributed by atoms with van der Waals surface area (Å²) in [7, 11) is 2.06. The Balaban J connectivity index is 3.15. The fourth-order valence-corrected chi connectivity index (χ4v) is 0.948. The molecule has 0 heterocycles. The van der Waals surface area contributed by atoms with Crippen LogP contribution in [0.2, 0.25) is 0 Å². The largest absolute Gasteiger partial charge is 0.380 e. The van der Waals surface area contributed by atoms with Crippen LogP contribution in [0.3, 0.4) is 0 Å². The standard InChI is InChI=1S/C8H20N2O/c1-4-11-6-5-10(3)7-8(2)9/h8H,4-7,9H2,1-3H3. The Bertz CT molecular complexity index is 86.2. The molecule has 0 saturated carbocycles. The molecular formula is C8H20N2O. The quantitative estimate of drug-likeness (QED) is 0.568. The second-order valence-electron chi connectivity index (χ2n) is 2.94. The molecule has 0 aromatic carbocycles. The number of nitrogens with zero attached hydrogens (tertiary/aromatic N) is 1. The summed E-state index contributed by atoms with van der Waals surface area (Å²) in [5, 5.41) is 0. The van der Waals surface area contributed by atoms with Gasteiger partial charge in [0.15, 0.2) is 0 Å². The lowest BCUT2D eigenvalue weighted by atomic mass is 10.3. The molecule has 68 valence electrons. The molecule has 1 unspecified atom stereocenters. The predicted octanol–water partition coefficient (Wildman–Crippen LogP) is 0.302. The Morgan fingerprint density at radius 1 is 1.55 bits per heavy atom. The molecule has 0 spiro atoms. The maximum atomic E-state index is 5.62. The summed E-state index contributed by atoms with van der Waals surface area (Å²) in [5.41, 5.74) is 5.62. The molecule has 0 fully saturated rings. The average molecular weight is 160 g/mol. The van der Waals surface area contributed by atoms with Gasteiger partial charge >= 0.3 is 0 Å². The van der Waals surface area contributed by atoms with E-state index in [1.165, 1.54) is 0 Å². The molecule has 3 heteroatoms. The van der Waals surface area contributed by atoms with Crippen LogP contribution in [0.15, 0.2) is 0 Å². The highest BCUT2D eigenvalue weighted by Gasteiger charge is 2.00. The first-order chi connectivity index (χ1) is 5.16. The monoisotopic (exact) mass is 160 g/mol. The molecule has 0 bridgehead atoms. The summed E-state index contributed by atoms with van der Waals surface area (Å²) in [5.74, 6) is 0. The van der Waals surface area contributed by atoms with Gasteiger partial charge in [-0.2, -0.15) is 0 Å². The molecular weight excluding hydrogens is 140 g/mol. The van der Waals surface area contributed by atoms with Gasteiger partial charge in [-0.3, -0.25) is 0 Å². The molecule has 2 N–H and O–H groups in total. The zero-order valence-corrected chi connectivity index (χ0v) is 7.84. The van der Waals surface area contributed by atoms with E-state index >= 15 is 0 Å². The summed E-state index contributed by atoms with van der Waals surface area (Å²) in [6.07, 6.45) is 0. The lowest BCUT2D eigenvalue weighted by molar-refractivity contribution is 0.121. The van der Waals surface area contributed by atoms with E-state index < -0.39 is 0 Å². The smallest absolute Gasteiger partial charge is 0.0593 e. The van der Waals surface area contributed by atoms with Crippen LogP contribution in [-0.2, 0) is 4.74 Å². The third kappa shape index (κ3) is 7.78. The first-order valence-corrected chi connectivity index (χ1v) is 4.18. The molecule has 0 aromatic rings. The van der Waals surface area contributed by atoms with Gasteiger partial charge in [0.1, 0.15) is 0 Å². The van der Waals surface area contributed by atoms with E-state index in [1.54, 1.807) is 0 Å². The Hall–Kier alpha value is -0.120. The Morgan fingerprint density at radius 3 is 2.64 bits per heavy atom. The zero-order valence-electron chi connectivity index (χ0n) is 7.84. The Kier molecular flexibility index (Phi) is 6.51. The molecule has 0 rings (SSSR count). The number of rotatable bonds is 6. The van der Waals surface area contributed by atoms with Gasteiger partial charge in [-0.05, 0) is 20.9 Å². The van der Waals surface area contributed by atoms with Crippen LogP contribution in [-0.4, -0.2) is 44.3 Å². The van der Waals surface area contributed by atoms with Gasteiger partial charge in [0, 0.05) is 25.7 Å². The van der Waals surface area contributed by atoms with E-state index in [2.05, 4.69) is 11.9 Å². The van der Waals surface area contributed by atoms with Crippen LogP contribution >= 0.6 is 0 Å². The van der Waals surface area contributed by atoms with Crippen molar-refractivity contribution < 1.29 is 4.74 Å². The normalized spacial score (nSPS) is 13.9. The van der Waals surface area contributed by atoms with Crippen LogP contribution in [0, 0.1) is 0 Å².